The smallest absolute Gasteiger partial charge is 0.0702 e. The summed E-state index contributed by atoms with van der Waals surface area (Å²) in [7, 11) is 0. The molecule has 0 fully saturated rings. The van der Waals surface area contributed by atoms with E-state index in [-0.39, 0.29) is 21.7 Å². The van der Waals surface area contributed by atoms with Gasteiger partial charge in [-0.2, -0.15) is 0 Å². The number of pyridine rings is 1. The van der Waals surface area contributed by atoms with Gasteiger partial charge < -0.3 is 0 Å². The van der Waals surface area contributed by atoms with Crippen molar-refractivity contribution < 1.29 is 0 Å². The summed E-state index contributed by atoms with van der Waals surface area (Å²) in [5.74, 6) is 0. The summed E-state index contributed by atoms with van der Waals surface area (Å²) < 4.78 is 0. The van der Waals surface area contributed by atoms with Crippen LogP contribution in [0, 0.1) is 0 Å². The predicted octanol–water partition coefficient (Wildman–Crippen LogP) is 20.3. The quantitative estimate of drug-likeness (QED) is 0.162. The second-order valence-corrected chi connectivity index (χ2v) is 24.7. The molecule has 4 aliphatic carbocycles. The molecule has 0 N–H and O–H groups in total. The maximum Gasteiger partial charge on any atom is 0.0702 e. The van der Waals surface area contributed by atoms with Crippen molar-refractivity contribution in [1.29, 1.82) is 0 Å². The Morgan fingerprint density at radius 2 is 0.538 bits per heavy atom. The average molecular weight is 1000 g/mol. The Kier molecular flexibility index (Phi) is 9.83. The lowest BCUT2D eigenvalue weighted by Gasteiger charge is -2.25. The van der Waals surface area contributed by atoms with Crippen molar-refractivity contribution in [3.05, 3.63) is 269 Å². The van der Waals surface area contributed by atoms with Gasteiger partial charge in [-0.15, -0.1) is 0 Å². The summed E-state index contributed by atoms with van der Waals surface area (Å²) in [6.45, 7) is 19.2. The van der Waals surface area contributed by atoms with Crippen LogP contribution in [0.4, 0.5) is 0 Å². The second kappa shape index (κ2) is 16.4. The van der Waals surface area contributed by atoms with Crippen LogP contribution >= 0.6 is 0 Å². The first-order chi connectivity index (χ1) is 37.7. The molecule has 0 amide bonds. The molecular formula is C77H61N. The van der Waals surface area contributed by atoms with E-state index in [9.17, 15) is 0 Å². The van der Waals surface area contributed by atoms with E-state index in [0.29, 0.717) is 0 Å². The first-order valence-electron chi connectivity index (χ1n) is 27.9. The van der Waals surface area contributed by atoms with E-state index in [1.807, 2.05) is 12.3 Å². The van der Waals surface area contributed by atoms with Crippen molar-refractivity contribution in [2.75, 3.05) is 0 Å². The molecule has 0 radical (unpaired) electrons. The van der Waals surface area contributed by atoms with Crippen molar-refractivity contribution in [2.45, 2.75) is 77.0 Å². The molecule has 0 unspecified atom stereocenters. The highest BCUT2D eigenvalue weighted by atomic mass is 14.7. The number of hydrogen-bond donors (Lipinski definition) is 0. The third-order valence-corrected chi connectivity index (χ3v) is 19.0. The fourth-order valence-electron chi connectivity index (χ4n) is 14.5. The van der Waals surface area contributed by atoms with E-state index >= 15 is 0 Å². The topological polar surface area (TPSA) is 12.9 Å². The summed E-state index contributed by atoms with van der Waals surface area (Å²) in [5, 5.41) is 0. The molecule has 0 spiro atoms. The highest BCUT2D eigenvalue weighted by Crippen LogP contribution is 2.57. The van der Waals surface area contributed by atoms with E-state index in [2.05, 4.69) is 273 Å². The Bertz CT molecular complexity index is 4330. The van der Waals surface area contributed by atoms with Gasteiger partial charge in [0.2, 0.25) is 0 Å². The molecule has 11 aromatic rings. The first-order valence-corrected chi connectivity index (χ1v) is 27.9. The molecule has 0 atom stereocenters. The zero-order valence-electron chi connectivity index (χ0n) is 45.8. The van der Waals surface area contributed by atoms with Crippen LogP contribution in [0.25, 0.3) is 111 Å². The van der Waals surface area contributed by atoms with Gasteiger partial charge >= 0.3 is 0 Å². The van der Waals surface area contributed by atoms with Crippen LogP contribution in [0.2, 0.25) is 0 Å². The molecule has 10 aromatic carbocycles. The van der Waals surface area contributed by atoms with Crippen LogP contribution in [0.15, 0.2) is 225 Å². The standard InChI is InChI=1S/C77H61N/c1-74(2)65-19-13-12-18-55(65)64-44-62(63(45-72(64)74)48-23-21-47(22-24-48)46-16-10-9-11-17-46)53-29-35-60-58-33-27-51(40-68(58)76(5,6)70(60)42-53)49-25-31-56-57-32-26-50(39-67(57)75(3,4)66(56)38-49)52-28-34-59-61-36-30-54(73-20-14-15-37-78-73)43-71(61)77(7,8)69(59)41-52/h9-45H,1-8H3. The minimum atomic E-state index is -0.208. The molecule has 0 aliphatic heterocycles. The normalized spacial score (nSPS) is 15.6. The minimum absolute atomic E-state index is 0.104. The van der Waals surface area contributed by atoms with E-state index in [0.717, 1.165) is 11.3 Å². The van der Waals surface area contributed by atoms with Crippen molar-refractivity contribution in [3.63, 3.8) is 0 Å². The Morgan fingerprint density at radius 3 is 1.03 bits per heavy atom. The van der Waals surface area contributed by atoms with E-state index in [1.54, 1.807) is 0 Å². The molecule has 0 bridgehead atoms. The molecule has 1 aromatic heterocycles. The van der Waals surface area contributed by atoms with Crippen molar-refractivity contribution in [3.8, 4) is 111 Å². The van der Waals surface area contributed by atoms with Gasteiger partial charge in [-0.25, -0.2) is 0 Å². The van der Waals surface area contributed by atoms with Crippen molar-refractivity contribution >= 4 is 0 Å². The number of nitrogens with zero attached hydrogens (tertiary/aromatic N) is 1. The molecule has 374 valence electrons. The summed E-state index contributed by atoms with van der Waals surface area (Å²) in [6.07, 6.45) is 1.88. The fourth-order valence-corrected chi connectivity index (χ4v) is 14.5. The lowest BCUT2D eigenvalue weighted by Crippen LogP contribution is -2.16. The first kappa shape index (κ1) is 46.6. The summed E-state index contributed by atoms with van der Waals surface area (Å²) >= 11 is 0. The van der Waals surface area contributed by atoms with Gasteiger partial charge in [0.25, 0.3) is 0 Å². The van der Waals surface area contributed by atoms with Gasteiger partial charge in [0.05, 0.1) is 5.69 Å². The molecule has 78 heavy (non-hydrogen) atoms. The molecule has 1 nitrogen and oxygen atoms in total. The Hall–Kier alpha value is -8.65. The van der Waals surface area contributed by atoms with Gasteiger partial charge in [0.1, 0.15) is 0 Å². The van der Waals surface area contributed by atoms with Crippen LogP contribution in [-0.4, -0.2) is 4.98 Å². The number of rotatable bonds is 6. The fraction of sp³-hybridized carbons (Fsp3) is 0.156. The van der Waals surface area contributed by atoms with Crippen LogP contribution in [0.5, 0.6) is 0 Å². The van der Waals surface area contributed by atoms with Crippen LogP contribution in [-0.2, 0) is 21.7 Å². The largest absolute Gasteiger partial charge is 0.256 e. The zero-order valence-corrected chi connectivity index (χ0v) is 45.8. The number of benzene rings is 10. The number of fused-ring (bicyclic) bond motifs is 12. The SMILES string of the molecule is CC1(C)c2cc(-c3ccc4c(c3)C(C)(C)c3cc(-c5ccccn5)ccc3-4)ccc2-c2ccc(-c3ccc4c(c3)C(C)(C)c3cc(-c5cc6c(cc5-c5ccc(-c7ccccc7)cc5)C(C)(C)c5ccccc5-6)ccc3-4)cc21. The number of hydrogen-bond acceptors (Lipinski definition) is 1. The third-order valence-electron chi connectivity index (χ3n) is 19.0. The Balaban J connectivity index is 0.751. The summed E-state index contributed by atoms with van der Waals surface area (Å²) in [5.41, 5.74) is 35.9. The van der Waals surface area contributed by atoms with E-state index in [4.69, 9.17) is 0 Å². The predicted molar refractivity (Wildman–Crippen MR) is 327 cm³/mol. The highest BCUT2D eigenvalue weighted by Gasteiger charge is 2.41. The lowest BCUT2D eigenvalue weighted by molar-refractivity contribution is 0.659. The van der Waals surface area contributed by atoms with Crippen LogP contribution in [0.3, 0.4) is 0 Å². The molecule has 1 heterocycles. The molecule has 4 aliphatic rings. The highest BCUT2D eigenvalue weighted by molar-refractivity contribution is 5.95. The van der Waals surface area contributed by atoms with Crippen molar-refractivity contribution in [2.24, 2.45) is 0 Å². The van der Waals surface area contributed by atoms with Gasteiger partial charge in [-0.05, 0) is 205 Å². The van der Waals surface area contributed by atoms with Gasteiger partial charge in [-0.3, -0.25) is 4.98 Å². The monoisotopic (exact) mass is 999 g/mol. The van der Waals surface area contributed by atoms with Gasteiger partial charge in [0.15, 0.2) is 0 Å². The number of aromatic nitrogens is 1. The zero-order chi connectivity index (χ0) is 53.0. The summed E-state index contributed by atoms with van der Waals surface area (Å²) in [4.78, 5) is 4.67. The Morgan fingerprint density at radius 1 is 0.205 bits per heavy atom. The third kappa shape index (κ3) is 6.70. The van der Waals surface area contributed by atoms with Gasteiger partial charge in [0, 0.05) is 33.4 Å². The molecule has 0 saturated carbocycles. The average Bonchev–Trinajstić information content (AvgIpc) is 4.13. The van der Waals surface area contributed by atoms with E-state index < -0.39 is 0 Å². The lowest BCUT2D eigenvalue weighted by atomic mass is 9.78. The molecule has 15 rings (SSSR count). The van der Waals surface area contributed by atoms with E-state index in [1.165, 1.54) is 145 Å². The van der Waals surface area contributed by atoms with Crippen molar-refractivity contribution in [1.82, 2.24) is 4.98 Å². The summed E-state index contributed by atoms with van der Waals surface area (Å²) in [6, 6.07) is 83.0. The second-order valence-electron chi connectivity index (χ2n) is 24.7. The molecule has 0 saturated heterocycles. The maximum atomic E-state index is 4.67. The van der Waals surface area contributed by atoms with Gasteiger partial charge in [-0.1, -0.05) is 213 Å². The molecule has 1 heteroatoms. The van der Waals surface area contributed by atoms with Crippen LogP contribution in [0.1, 0.15) is 99.9 Å². The minimum Gasteiger partial charge on any atom is -0.256 e. The van der Waals surface area contributed by atoms with Crippen LogP contribution < -0.4 is 0 Å². The maximum absolute atomic E-state index is 4.67. The molecular weight excluding hydrogens is 939 g/mol. The Labute approximate surface area is 460 Å².